The van der Waals surface area contributed by atoms with Crippen LogP contribution in [0.3, 0.4) is 0 Å². The van der Waals surface area contributed by atoms with E-state index in [1.165, 1.54) is 12.1 Å². The van der Waals surface area contributed by atoms with Crippen molar-refractivity contribution in [1.82, 2.24) is 9.99 Å². The number of guanidine groups is 1. The maximum atomic E-state index is 10.3. The van der Waals surface area contributed by atoms with E-state index in [0.29, 0.717) is 0 Å². The van der Waals surface area contributed by atoms with Crippen LogP contribution in [0.15, 0.2) is 0 Å². The predicted octanol–water partition coefficient (Wildman–Crippen LogP) is -2.30. The average Bonchev–Trinajstić information content (AvgIpc) is 1.81. The van der Waals surface area contributed by atoms with Gasteiger partial charge in [-0.3, -0.25) is 15.3 Å². The Morgan fingerprint density at radius 3 is 2.29 bits per heavy atom. The number of carbonyl (C=O) groups is 1. The fourth-order valence-electron chi connectivity index (χ4n) is 0.505. The van der Waals surface area contributed by atoms with E-state index < -0.39 is 26.2 Å². The fraction of sp³-hybridized carbons (Fsp3) is 0.500. The zero-order chi connectivity index (χ0) is 10.6. The van der Waals surface area contributed by atoms with E-state index in [4.69, 9.17) is 20.3 Å². The van der Waals surface area contributed by atoms with Crippen LogP contribution in [0.25, 0.3) is 0 Å². The molecule has 0 saturated carbocycles. The molecule has 0 saturated heterocycles. The molecule has 0 rings (SSSR count). The molecule has 80 valence electrons. The molecular formula is C4H12BaN3O5P. The topological polar surface area (TPSA) is 134 Å². The van der Waals surface area contributed by atoms with Crippen molar-refractivity contribution in [1.29, 1.82) is 5.41 Å². The molecule has 0 atom stereocenters. The summed E-state index contributed by atoms with van der Waals surface area (Å²) in [6.45, 7) is -0.508. The number of carboxylic acids is 1. The molecule has 0 heterocycles. The summed E-state index contributed by atoms with van der Waals surface area (Å²) in [4.78, 5) is 27.7. The molecule has 0 amide bonds. The molecule has 0 bridgehead atoms. The number of hydrogen-bond acceptors (Lipinski definition) is 3. The van der Waals surface area contributed by atoms with Crippen LogP contribution in [-0.4, -0.2) is 94.2 Å². The first kappa shape index (κ1) is 16.9. The molecule has 0 spiro atoms. The summed E-state index contributed by atoms with van der Waals surface area (Å²) < 4.78 is 10.3. The Kier molecular flexibility index (Phi) is 8.26. The summed E-state index contributed by atoms with van der Waals surface area (Å²) in [7, 11) is -3.31. The summed E-state index contributed by atoms with van der Waals surface area (Å²) >= 11 is 0. The van der Waals surface area contributed by atoms with E-state index in [9.17, 15) is 9.36 Å². The molecule has 0 aliphatic rings. The number of nitrogens with one attached hydrogen (secondary N) is 2. The average molecular weight is 350 g/mol. The van der Waals surface area contributed by atoms with E-state index in [-0.39, 0.29) is 48.9 Å². The van der Waals surface area contributed by atoms with E-state index in [2.05, 4.69) is 0 Å². The Bertz CT molecular complexity index is 266. The summed E-state index contributed by atoms with van der Waals surface area (Å²) in [5.41, 5.74) is 0. The quantitative estimate of drug-likeness (QED) is 0.167. The van der Waals surface area contributed by atoms with Crippen LogP contribution in [-0.2, 0) is 9.36 Å². The van der Waals surface area contributed by atoms with Gasteiger partial charge in [-0.05, 0) is 0 Å². The van der Waals surface area contributed by atoms with Crippen molar-refractivity contribution in [2.75, 3.05) is 13.6 Å². The molecule has 0 aromatic rings. The van der Waals surface area contributed by atoms with Crippen molar-refractivity contribution < 1.29 is 24.3 Å². The number of aliphatic carboxylic acids is 1. The maximum absolute atomic E-state index is 10.3. The Balaban J connectivity index is 0. The Morgan fingerprint density at radius 1 is 1.57 bits per heavy atom. The van der Waals surface area contributed by atoms with Gasteiger partial charge in [0.15, 0.2) is 5.96 Å². The number of hydrogen-bond donors (Lipinski definition) is 5. The van der Waals surface area contributed by atoms with Gasteiger partial charge in [-0.25, -0.2) is 4.57 Å². The van der Waals surface area contributed by atoms with Crippen LogP contribution in [0.4, 0.5) is 0 Å². The van der Waals surface area contributed by atoms with Crippen molar-refractivity contribution in [3.05, 3.63) is 0 Å². The van der Waals surface area contributed by atoms with E-state index in [1.807, 2.05) is 0 Å². The first-order valence-electron chi connectivity index (χ1n) is 3.07. The second-order valence-electron chi connectivity index (χ2n) is 2.25. The SMILES string of the molecule is CN(CC(=O)O)C(=N)NP(=O)(O)O.[BaH2]. The van der Waals surface area contributed by atoms with Crippen molar-refractivity contribution in [3.63, 3.8) is 0 Å². The van der Waals surface area contributed by atoms with Crippen molar-refractivity contribution in [3.8, 4) is 0 Å². The molecule has 0 radical (unpaired) electrons. The van der Waals surface area contributed by atoms with Gasteiger partial charge in [0.25, 0.3) is 0 Å². The summed E-state index contributed by atoms with van der Waals surface area (Å²) in [5.74, 6) is -1.84. The van der Waals surface area contributed by atoms with Gasteiger partial charge in [-0.1, -0.05) is 0 Å². The normalized spacial score (nSPS) is 9.93. The minimum absolute atomic E-state index is 0. The molecular weight excluding hydrogens is 338 g/mol. The third-order valence-corrected chi connectivity index (χ3v) is 1.51. The van der Waals surface area contributed by atoms with E-state index in [0.717, 1.165) is 4.90 Å². The summed E-state index contributed by atoms with van der Waals surface area (Å²) in [6.07, 6.45) is 0. The number of nitrogens with zero attached hydrogens (tertiary/aromatic N) is 1. The van der Waals surface area contributed by atoms with Crippen LogP contribution in [0.1, 0.15) is 0 Å². The number of likely N-dealkylation sites (N-methyl/N-ethyl adjacent to an activating group) is 1. The van der Waals surface area contributed by atoms with Crippen molar-refractivity contribution in [2.24, 2.45) is 0 Å². The monoisotopic (exact) mass is 351 g/mol. The second kappa shape index (κ2) is 6.86. The van der Waals surface area contributed by atoms with Gasteiger partial charge in [0.1, 0.15) is 6.54 Å². The second-order valence-corrected chi connectivity index (χ2v) is 3.57. The molecule has 0 aliphatic carbocycles. The minimum atomic E-state index is -4.53. The van der Waals surface area contributed by atoms with Crippen LogP contribution < -0.4 is 5.09 Å². The zero-order valence-electron chi connectivity index (χ0n) is 6.76. The first-order chi connectivity index (χ1) is 5.72. The van der Waals surface area contributed by atoms with Gasteiger partial charge >= 0.3 is 62.6 Å². The van der Waals surface area contributed by atoms with Crippen LogP contribution in [0.2, 0.25) is 0 Å². The molecule has 8 nitrogen and oxygen atoms in total. The number of rotatable bonds is 3. The van der Waals surface area contributed by atoms with Crippen LogP contribution in [0, 0.1) is 5.41 Å². The van der Waals surface area contributed by atoms with Gasteiger partial charge in [0.2, 0.25) is 0 Å². The van der Waals surface area contributed by atoms with Gasteiger partial charge in [0, 0.05) is 7.05 Å². The first-order valence-corrected chi connectivity index (χ1v) is 4.69. The van der Waals surface area contributed by atoms with Gasteiger partial charge in [0.05, 0.1) is 0 Å². The molecule has 10 heteroatoms. The standard InChI is InChI=1S/C4H10N3O5P.Ba.2H/c1-7(2-3(8)9)4(5)6-13(10,11)12;;;/h2H2,1H3,(H,8,9)(H4,5,6,10,11,12);;;. The summed E-state index contributed by atoms with van der Waals surface area (Å²) in [5, 5.41) is 16.8. The molecule has 0 aliphatic heterocycles. The number of carboxylic acid groups (broad SMARTS) is 1. The molecule has 0 aromatic carbocycles. The van der Waals surface area contributed by atoms with E-state index >= 15 is 0 Å². The van der Waals surface area contributed by atoms with Gasteiger partial charge in [-0.2, -0.15) is 0 Å². The van der Waals surface area contributed by atoms with Gasteiger partial charge < -0.3 is 19.8 Å². The molecule has 0 unspecified atom stereocenters. The van der Waals surface area contributed by atoms with E-state index in [1.54, 1.807) is 0 Å². The molecule has 14 heavy (non-hydrogen) atoms. The third-order valence-electron chi connectivity index (χ3n) is 1.01. The Morgan fingerprint density at radius 2 is 2.00 bits per heavy atom. The van der Waals surface area contributed by atoms with Gasteiger partial charge in [-0.15, -0.1) is 0 Å². The van der Waals surface area contributed by atoms with Crippen LogP contribution in [0.5, 0.6) is 0 Å². The Labute approximate surface area is 120 Å². The van der Waals surface area contributed by atoms with Crippen molar-refractivity contribution in [2.45, 2.75) is 0 Å². The molecule has 0 fully saturated rings. The Hall–Kier alpha value is 0.461. The predicted molar refractivity (Wildman–Crippen MR) is 51.7 cm³/mol. The molecule has 5 N–H and O–H groups in total. The fourth-order valence-corrected chi connectivity index (χ4v) is 0.952. The van der Waals surface area contributed by atoms with Crippen molar-refractivity contribution >= 4 is 68.6 Å². The van der Waals surface area contributed by atoms with Crippen LogP contribution >= 0.6 is 7.75 Å². The summed E-state index contributed by atoms with van der Waals surface area (Å²) in [6, 6.07) is 0. The molecule has 0 aromatic heterocycles. The zero-order valence-corrected chi connectivity index (χ0v) is 7.65. The third kappa shape index (κ3) is 9.03.